The van der Waals surface area contributed by atoms with E-state index in [-0.39, 0.29) is 24.7 Å². The van der Waals surface area contributed by atoms with Gasteiger partial charge in [0.2, 0.25) is 0 Å². The highest BCUT2D eigenvalue weighted by molar-refractivity contribution is 5.04. The van der Waals surface area contributed by atoms with Gasteiger partial charge in [0.15, 0.2) is 0 Å². The monoisotopic (exact) mass is 534 g/mol. The molecule has 0 N–H and O–H groups in total. The van der Waals surface area contributed by atoms with Gasteiger partial charge in [0.05, 0.1) is 12.5 Å². The summed E-state index contributed by atoms with van der Waals surface area (Å²) in [6, 6.07) is 0. The average Bonchev–Trinajstić information content (AvgIpc) is 2.58. The van der Waals surface area contributed by atoms with E-state index in [0.717, 1.165) is 0 Å². The molecule has 1 nitrogen and oxygen atoms in total. The summed E-state index contributed by atoms with van der Waals surface area (Å²) in [6.45, 7) is 0. The van der Waals surface area contributed by atoms with E-state index in [1.54, 1.807) is 0 Å². The van der Waals surface area contributed by atoms with E-state index in [1.165, 1.54) is 0 Å². The first-order valence-electron chi connectivity index (χ1n) is 7.56. The Hall–Kier alpha value is -1.98. The van der Waals surface area contributed by atoms with E-state index in [9.17, 15) is 79.0 Å². The molecule has 19 heteroatoms. The summed E-state index contributed by atoms with van der Waals surface area (Å²) in [7, 11) is 0. The fourth-order valence-electron chi connectivity index (χ4n) is 1.62. The molecule has 0 heterocycles. The van der Waals surface area contributed by atoms with Crippen molar-refractivity contribution >= 4 is 0 Å². The van der Waals surface area contributed by atoms with Crippen LogP contribution in [0.25, 0.3) is 0 Å². The minimum Gasteiger partial charge on any atom is -0.473 e. The smallest absolute Gasteiger partial charge is 0.460 e. The second-order valence-corrected chi connectivity index (χ2v) is 5.99. The van der Waals surface area contributed by atoms with E-state index < -0.39 is 60.7 Å². The molecule has 0 aliphatic rings. The standard InChI is InChI=1S/C14H8F18O/c15-7(16,9(19,20)11(23,24)13(27,28)29)3-1-5-33-6-2-4-8(17,18)10(21,22)12(25,26)14(30,31)32/h1-2,5-6H,3-4H2. The van der Waals surface area contributed by atoms with Gasteiger partial charge in [0.1, 0.15) is 0 Å². The second kappa shape index (κ2) is 8.99. The van der Waals surface area contributed by atoms with E-state index in [0.29, 0.717) is 0 Å². The number of alkyl halides is 18. The molecule has 0 aromatic carbocycles. The van der Waals surface area contributed by atoms with Gasteiger partial charge in [-0.1, -0.05) is 0 Å². The van der Waals surface area contributed by atoms with Crippen LogP contribution in [0.1, 0.15) is 12.8 Å². The lowest BCUT2D eigenvalue weighted by Gasteiger charge is -2.33. The van der Waals surface area contributed by atoms with Crippen LogP contribution in [-0.2, 0) is 4.74 Å². The Labute approximate surface area is 170 Å². The lowest BCUT2D eigenvalue weighted by Crippen LogP contribution is -2.60. The Kier molecular flexibility index (Phi) is 8.45. The van der Waals surface area contributed by atoms with Gasteiger partial charge in [-0.05, 0) is 12.2 Å². The van der Waals surface area contributed by atoms with Crippen molar-refractivity contribution in [2.24, 2.45) is 0 Å². The molecule has 0 fully saturated rings. The van der Waals surface area contributed by atoms with Crippen LogP contribution in [0.5, 0.6) is 0 Å². The van der Waals surface area contributed by atoms with Gasteiger partial charge in [-0.3, -0.25) is 0 Å². The van der Waals surface area contributed by atoms with E-state index in [1.807, 2.05) is 0 Å². The summed E-state index contributed by atoms with van der Waals surface area (Å²) in [5.41, 5.74) is 0. The zero-order valence-electron chi connectivity index (χ0n) is 14.9. The highest BCUT2D eigenvalue weighted by Crippen LogP contribution is 2.55. The molecule has 33 heavy (non-hydrogen) atoms. The number of allylic oxidation sites excluding steroid dienone is 2. The molecule has 196 valence electrons. The van der Waals surface area contributed by atoms with Crippen LogP contribution in [0.4, 0.5) is 79.0 Å². The summed E-state index contributed by atoms with van der Waals surface area (Å²) >= 11 is 0. The number of rotatable bonds is 10. The number of hydrogen-bond donors (Lipinski definition) is 0. The van der Waals surface area contributed by atoms with Crippen molar-refractivity contribution in [2.45, 2.75) is 60.7 Å². The number of hydrogen-bond acceptors (Lipinski definition) is 1. The fourth-order valence-corrected chi connectivity index (χ4v) is 1.62. The van der Waals surface area contributed by atoms with Gasteiger partial charge in [-0.25, -0.2) is 0 Å². The Bertz CT molecular complexity index is 651. The first kappa shape index (κ1) is 31.0. The van der Waals surface area contributed by atoms with Crippen LogP contribution >= 0.6 is 0 Å². The van der Waals surface area contributed by atoms with Crippen molar-refractivity contribution in [2.75, 3.05) is 0 Å². The first-order valence-corrected chi connectivity index (χ1v) is 7.56. The molecule has 0 spiro atoms. The maximum Gasteiger partial charge on any atom is 0.460 e. The third-order valence-corrected chi connectivity index (χ3v) is 3.52. The quantitative estimate of drug-likeness (QED) is 0.206. The van der Waals surface area contributed by atoms with Crippen molar-refractivity contribution in [1.29, 1.82) is 0 Å². The molecule has 0 saturated heterocycles. The van der Waals surface area contributed by atoms with Crippen molar-refractivity contribution < 1.29 is 83.8 Å². The summed E-state index contributed by atoms with van der Waals surface area (Å²) in [5, 5.41) is 0. The molecule has 0 rings (SSSR count). The molecule has 0 aromatic rings. The maximum atomic E-state index is 13.1. The van der Waals surface area contributed by atoms with Crippen LogP contribution in [0.15, 0.2) is 24.7 Å². The zero-order valence-corrected chi connectivity index (χ0v) is 14.9. The second-order valence-electron chi connectivity index (χ2n) is 5.99. The Morgan fingerprint density at radius 2 is 0.636 bits per heavy atom. The molecule has 0 aromatic heterocycles. The largest absolute Gasteiger partial charge is 0.473 e. The van der Waals surface area contributed by atoms with Crippen LogP contribution in [0, 0.1) is 0 Å². The predicted molar refractivity (Wildman–Crippen MR) is 70.4 cm³/mol. The minimum absolute atomic E-state index is 0.229. The summed E-state index contributed by atoms with van der Waals surface area (Å²) < 4.78 is 229. The van der Waals surface area contributed by atoms with Crippen molar-refractivity contribution in [3.8, 4) is 0 Å². The summed E-state index contributed by atoms with van der Waals surface area (Å²) in [5.74, 6) is -40.5. The summed E-state index contributed by atoms with van der Waals surface area (Å²) in [6.07, 6.45) is -20.4. The van der Waals surface area contributed by atoms with Crippen molar-refractivity contribution in [1.82, 2.24) is 0 Å². The topological polar surface area (TPSA) is 9.23 Å². The molecule has 0 saturated carbocycles. The average molecular weight is 534 g/mol. The summed E-state index contributed by atoms with van der Waals surface area (Å²) in [4.78, 5) is 0. The molecular weight excluding hydrogens is 526 g/mol. The molecular formula is C14H8F18O. The van der Waals surface area contributed by atoms with Crippen molar-refractivity contribution in [3.05, 3.63) is 24.7 Å². The lowest BCUT2D eigenvalue weighted by atomic mass is 10.0. The van der Waals surface area contributed by atoms with Crippen molar-refractivity contribution in [3.63, 3.8) is 0 Å². The predicted octanol–water partition coefficient (Wildman–Crippen LogP) is 7.75. The fraction of sp³-hybridized carbons (Fsp3) is 0.714. The van der Waals surface area contributed by atoms with Gasteiger partial charge < -0.3 is 4.74 Å². The molecule has 0 aliphatic carbocycles. The highest BCUT2D eigenvalue weighted by Gasteiger charge is 2.82. The minimum atomic E-state index is -7.19. The normalized spacial score (nSPS) is 16.2. The lowest BCUT2D eigenvalue weighted by molar-refractivity contribution is -0.395. The molecule has 0 aliphatic heterocycles. The third kappa shape index (κ3) is 5.75. The van der Waals surface area contributed by atoms with E-state index in [2.05, 4.69) is 4.74 Å². The SMILES string of the molecule is FC(F)(F)C(F)(F)C(F)(F)C(F)(F)CC=COC=CCC(F)(F)C(F)(F)C(F)(F)C(F)(F)F. The third-order valence-electron chi connectivity index (χ3n) is 3.52. The van der Waals surface area contributed by atoms with Crippen LogP contribution < -0.4 is 0 Å². The first-order chi connectivity index (χ1) is 14.2. The van der Waals surface area contributed by atoms with Gasteiger partial charge in [-0.2, -0.15) is 79.0 Å². The number of ether oxygens (including phenoxy) is 1. The van der Waals surface area contributed by atoms with Crippen LogP contribution in [0.2, 0.25) is 0 Å². The molecule has 0 radical (unpaired) electrons. The van der Waals surface area contributed by atoms with Gasteiger partial charge in [0, 0.05) is 12.8 Å². The zero-order chi connectivity index (χ0) is 26.9. The Morgan fingerprint density at radius 1 is 0.394 bits per heavy atom. The van der Waals surface area contributed by atoms with Gasteiger partial charge in [0.25, 0.3) is 0 Å². The van der Waals surface area contributed by atoms with E-state index >= 15 is 0 Å². The Balaban J connectivity index is 5.17. The molecule has 0 atom stereocenters. The molecule has 0 unspecified atom stereocenters. The maximum absolute atomic E-state index is 13.1. The van der Waals surface area contributed by atoms with Gasteiger partial charge in [-0.15, -0.1) is 0 Å². The van der Waals surface area contributed by atoms with E-state index in [4.69, 9.17) is 0 Å². The van der Waals surface area contributed by atoms with Crippen LogP contribution in [-0.4, -0.2) is 47.9 Å². The van der Waals surface area contributed by atoms with Crippen LogP contribution in [0.3, 0.4) is 0 Å². The van der Waals surface area contributed by atoms with Gasteiger partial charge >= 0.3 is 47.9 Å². The molecule has 0 amide bonds. The molecule has 0 bridgehead atoms. The highest BCUT2D eigenvalue weighted by atomic mass is 19.4. The Morgan fingerprint density at radius 3 is 0.848 bits per heavy atom. The number of halogens is 18.